The van der Waals surface area contributed by atoms with Crippen molar-refractivity contribution in [2.24, 2.45) is 0 Å². The maximum absolute atomic E-state index is 13.7. The number of nitriles is 1. The molecule has 1 aromatic carbocycles. The monoisotopic (exact) mass is 390 g/mol. The van der Waals surface area contributed by atoms with Crippen molar-refractivity contribution in [2.45, 2.75) is 6.92 Å². The second kappa shape index (κ2) is 7.09. The smallest absolute Gasteiger partial charge is 0.348 e. The molecule has 0 aliphatic rings. The summed E-state index contributed by atoms with van der Waals surface area (Å²) in [6, 6.07) is 1.67. The molecule has 0 aliphatic heterocycles. The number of nitrogens with zero attached hydrogens (tertiary/aromatic N) is 1. The normalized spacial score (nSPS) is 10.4. The van der Waals surface area contributed by atoms with E-state index in [2.05, 4.69) is 4.74 Å². The lowest BCUT2D eigenvalue weighted by molar-refractivity contribution is 0.0605. The number of anilines is 1. The number of ether oxygens (including phenoxy) is 1. The van der Waals surface area contributed by atoms with Gasteiger partial charge < -0.3 is 10.1 Å². The fraction of sp³-hybridized carbons (Fsp3) is 0.133. The molecule has 136 valence electrons. The first-order valence-electron chi connectivity index (χ1n) is 6.60. The molecule has 0 bridgehead atoms. The molecule has 5 nitrogen and oxygen atoms in total. The number of methoxy groups -OCH3 is 1. The maximum Gasteiger partial charge on any atom is 0.348 e. The number of esters is 1. The number of hydrogen-bond acceptors (Lipinski definition) is 5. The highest BCUT2D eigenvalue weighted by Crippen LogP contribution is 2.34. The Kier molecular flexibility index (Phi) is 5.27. The molecular formula is C15H7F5N2O3S. The molecule has 0 atom stereocenters. The lowest BCUT2D eigenvalue weighted by atomic mass is 10.1. The van der Waals surface area contributed by atoms with Crippen molar-refractivity contribution in [3.05, 3.63) is 50.7 Å². The lowest BCUT2D eigenvalue weighted by Gasteiger charge is -2.08. The van der Waals surface area contributed by atoms with E-state index < -0.39 is 46.5 Å². The van der Waals surface area contributed by atoms with Gasteiger partial charge in [-0.05, 0) is 12.5 Å². The van der Waals surface area contributed by atoms with E-state index >= 15 is 0 Å². The standard InChI is InChI=1S/C15H7F5N2O3S/c1-4-5(3-21)14(26-12(4)15(24)25-2)22-13(23)6-7(16)9(18)11(20)10(19)8(6)17/h1-2H3,(H,22,23). The zero-order chi connectivity index (χ0) is 19.8. The quantitative estimate of drug-likeness (QED) is 0.376. The Bertz CT molecular complexity index is 952. The predicted molar refractivity (Wildman–Crippen MR) is 79.3 cm³/mol. The predicted octanol–water partition coefficient (Wildman–Crippen LogP) is 3.66. The average molecular weight is 390 g/mol. The first-order valence-corrected chi connectivity index (χ1v) is 7.41. The fourth-order valence-electron chi connectivity index (χ4n) is 1.99. The number of nitrogens with one attached hydrogen (secondary N) is 1. The van der Waals surface area contributed by atoms with Gasteiger partial charge in [-0.25, -0.2) is 26.7 Å². The van der Waals surface area contributed by atoms with Gasteiger partial charge in [0.2, 0.25) is 5.82 Å². The van der Waals surface area contributed by atoms with Crippen LogP contribution in [0.3, 0.4) is 0 Å². The fourth-order valence-corrected chi connectivity index (χ4v) is 3.06. The van der Waals surface area contributed by atoms with Gasteiger partial charge in [0.05, 0.1) is 12.7 Å². The SMILES string of the molecule is COC(=O)c1sc(NC(=O)c2c(F)c(F)c(F)c(F)c2F)c(C#N)c1C. The minimum atomic E-state index is -2.41. The van der Waals surface area contributed by atoms with Gasteiger partial charge in [-0.3, -0.25) is 4.79 Å². The first kappa shape index (κ1) is 19.3. The van der Waals surface area contributed by atoms with E-state index in [0.717, 1.165) is 7.11 Å². The third-order valence-corrected chi connectivity index (χ3v) is 4.48. The number of benzene rings is 1. The number of amides is 1. The molecule has 0 unspecified atom stereocenters. The van der Waals surface area contributed by atoms with Gasteiger partial charge in [-0.15, -0.1) is 11.3 Å². The Labute approximate surface area is 146 Å². The summed E-state index contributed by atoms with van der Waals surface area (Å²) >= 11 is 0.554. The van der Waals surface area contributed by atoms with Gasteiger partial charge >= 0.3 is 5.97 Å². The Morgan fingerprint density at radius 3 is 2.00 bits per heavy atom. The molecule has 26 heavy (non-hydrogen) atoms. The Hall–Kier alpha value is -3.00. The maximum atomic E-state index is 13.7. The van der Waals surface area contributed by atoms with Crippen LogP contribution in [0.4, 0.5) is 27.0 Å². The number of thiophene rings is 1. The van der Waals surface area contributed by atoms with Crippen LogP contribution in [0.1, 0.15) is 31.2 Å². The molecule has 1 aromatic heterocycles. The van der Waals surface area contributed by atoms with Gasteiger partial charge in [-0.1, -0.05) is 0 Å². The van der Waals surface area contributed by atoms with Gasteiger partial charge in [0, 0.05) is 0 Å². The van der Waals surface area contributed by atoms with Crippen LogP contribution in [0.2, 0.25) is 0 Å². The summed E-state index contributed by atoms with van der Waals surface area (Å²) < 4.78 is 71.3. The summed E-state index contributed by atoms with van der Waals surface area (Å²) in [6.07, 6.45) is 0. The molecular weight excluding hydrogens is 383 g/mol. The highest BCUT2D eigenvalue weighted by molar-refractivity contribution is 7.18. The average Bonchev–Trinajstić information content (AvgIpc) is 2.92. The zero-order valence-electron chi connectivity index (χ0n) is 13.0. The third kappa shape index (κ3) is 2.99. The van der Waals surface area contributed by atoms with Crippen molar-refractivity contribution in [3.63, 3.8) is 0 Å². The first-order chi connectivity index (χ1) is 12.1. The molecule has 0 saturated heterocycles. The van der Waals surface area contributed by atoms with Crippen molar-refractivity contribution in [2.75, 3.05) is 12.4 Å². The van der Waals surface area contributed by atoms with E-state index in [1.165, 1.54) is 6.92 Å². The summed E-state index contributed by atoms with van der Waals surface area (Å²) in [4.78, 5) is 23.6. The summed E-state index contributed by atoms with van der Waals surface area (Å²) in [5.74, 6) is -14.1. The topological polar surface area (TPSA) is 79.2 Å². The highest BCUT2D eigenvalue weighted by atomic mass is 32.1. The van der Waals surface area contributed by atoms with Crippen LogP contribution in [0, 0.1) is 47.3 Å². The highest BCUT2D eigenvalue weighted by Gasteiger charge is 2.31. The molecule has 0 spiro atoms. The van der Waals surface area contributed by atoms with Crippen LogP contribution in [0.25, 0.3) is 0 Å². The molecule has 0 fully saturated rings. The van der Waals surface area contributed by atoms with Crippen LogP contribution in [-0.2, 0) is 4.74 Å². The van der Waals surface area contributed by atoms with Gasteiger partial charge in [0.15, 0.2) is 23.3 Å². The number of carbonyl (C=O) groups is 2. The number of halogens is 5. The number of carbonyl (C=O) groups excluding carboxylic acids is 2. The molecule has 1 heterocycles. The minimum Gasteiger partial charge on any atom is -0.465 e. The van der Waals surface area contributed by atoms with Crippen LogP contribution < -0.4 is 5.32 Å². The van der Waals surface area contributed by atoms with E-state index in [0.29, 0.717) is 11.3 Å². The van der Waals surface area contributed by atoms with Gasteiger partial charge in [0.1, 0.15) is 21.5 Å². The molecule has 1 amide bonds. The van der Waals surface area contributed by atoms with Crippen LogP contribution in [-0.4, -0.2) is 19.0 Å². The van der Waals surface area contributed by atoms with E-state index in [-0.39, 0.29) is 21.0 Å². The van der Waals surface area contributed by atoms with Crippen LogP contribution in [0.5, 0.6) is 0 Å². The molecule has 11 heteroatoms. The summed E-state index contributed by atoms with van der Waals surface area (Å²) in [5.41, 5.74) is -1.80. The second-order valence-electron chi connectivity index (χ2n) is 4.76. The number of rotatable bonds is 3. The zero-order valence-corrected chi connectivity index (χ0v) is 13.8. The van der Waals surface area contributed by atoms with Crippen LogP contribution in [0.15, 0.2) is 0 Å². The molecule has 0 saturated carbocycles. The van der Waals surface area contributed by atoms with Crippen molar-refractivity contribution in [1.82, 2.24) is 0 Å². The second-order valence-corrected chi connectivity index (χ2v) is 5.78. The van der Waals surface area contributed by atoms with Crippen LogP contribution >= 0.6 is 11.3 Å². The molecule has 0 aliphatic carbocycles. The number of hydrogen-bond donors (Lipinski definition) is 1. The lowest BCUT2D eigenvalue weighted by Crippen LogP contribution is -2.19. The molecule has 0 radical (unpaired) electrons. The van der Waals surface area contributed by atoms with Crippen molar-refractivity contribution >= 4 is 28.2 Å². The summed E-state index contributed by atoms with van der Waals surface area (Å²) in [5, 5.41) is 10.7. The van der Waals surface area contributed by atoms with E-state index in [4.69, 9.17) is 5.26 Å². The Morgan fingerprint density at radius 2 is 1.54 bits per heavy atom. The van der Waals surface area contributed by atoms with E-state index in [9.17, 15) is 31.5 Å². The minimum absolute atomic E-state index is 0.0724. The third-order valence-electron chi connectivity index (χ3n) is 3.29. The Morgan fingerprint density at radius 1 is 1.04 bits per heavy atom. The molecule has 1 N–H and O–H groups in total. The van der Waals surface area contributed by atoms with Crippen molar-refractivity contribution < 1.29 is 36.3 Å². The van der Waals surface area contributed by atoms with Gasteiger partial charge in [-0.2, -0.15) is 5.26 Å². The Balaban J connectivity index is 2.53. The summed E-state index contributed by atoms with van der Waals surface area (Å²) in [6.45, 7) is 1.36. The molecule has 2 aromatic rings. The van der Waals surface area contributed by atoms with Crippen molar-refractivity contribution in [3.8, 4) is 6.07 Å². The van der Waals surface area contributed by atoms with Gasteiger partial charge in [0.25, 0.3) is 5.91 Å². The van der Waals surface area contributed by atoms with Crippen molar-refractivity contribution in [1.29, 1.82) is 5.26 Å². The summed E-state index contributed by atoms with van der Waals surface area (Å²) in [7, 11) is 1.07. The molecule has 2 rings (SSSR count). The van der Waals surface area contributed by atoms with E-state index in [1.54, 1.807) is 6.07 Å². The largest absolute Gasteiger partial charge is 0.465 e. The van der Waals surface area contributed by atoms with E-state index in [1.807, 2.05) is 5.32 Å².